The Labute approximate surface area is 224 Å². The fourth-order valence-corrected chi connectivity index (χ4v) is 6.66. The molecule has 1 fully saturated rings. The second kappa shape index (κ2) is 9.68. The number of carboxylic acid groups (broad SMARTS) is 1. The lowest BCUT2D eigenvalue weighted by molar-refractivity contribution is -0.274. The van der Waals surface area contributed by atoms with E-state index in [-0.39, 0.29) is 17.2 Å². The minimum atomic E-state index is -4.80. The zero-order valence-electron chi connectivity index (χ0n) is 20.5. The Kier molecular flexibility index (Phi) is 6.29. The summed E-state index contributed by atoms with van der Waals surface area (Å²) in [5.41, 5.74) is 2.54. The summed E-state index contributed by atoms with van der Waals surface area (Å²) in [5.74, 6) is -0.541. The molecule has 1 heterocycles. The van der Waals surface area contributed by atoms with Gasteiger partial charge >= 0.3 is 12.3 Å². The molecule has 0 saturated heterocycles. The van der Waals surface area contributed by atoms with Crippen molar-refractivity contribution < 1.29 is 32.0 Å². The number of ether oxygens (including phenoxy) is 1. The Morgan fingerprint density at radius 3 is 2.46 bits per heavy atom. The molecule has 1 aromatic heterocycles. The second-order valence-corrected chi connectivity index (χ2v) is 11.1. The standard InChI is InChI=1S/C29H23F3N2O4S/c30-29(31,32)38-21-10-13-23-19(15-21)9-14-25(23)34(39(37)22-11-7-18(8-12-22)28(35)36)27-26(17-5-6-17)24-4-2-1-3-20(24)16-33-27/h1-4,7-8,10-13,15-17,25H,5-6,9,14H2,(H,35,36). The number of aryl methyl sites for hydroxylation is 1. The molecule has 0 bridgehead atoms. The van der Waals surface area contributed by atoms with Crippen LogP contribution in [0.15, 0.2) is 77.8 Å². The molecular formula is C29H23F3N2O4S. The molecule has 200 valence electrons. The van der Waals surface area contributed by atoms with Crippen molar-refractivity contribution in [3.8, 4) is 5.75 Å². The molecule has 1 N–H and O–H groups in total. The third-order valence-electron chi connectivity index (χ3n) is 7.17. The molecule has 39 heavy (non-hydrogen) atoms. The molecule has 10 heteroatoms. The average molecular weight is 553 g/mol. The number of hydrogen-bond donors (Lipinski definition) is 1. The zero-order valence-corrected chi connectivity index (χ0v) is 21.3. The van der Waals surface area contributed by atoms with Gasteiger partial charge in [0, 0.05) is 17.1 Å². The number of carbonyl (C=O) groups is 1. The zero-order chi connectivity index (χ0) is 27.3. The van der Waals surface area contributed by atoms with Gasteiger partial charge in [-0.3, -0.25) is 4.31 Å². The van der Waals surface area contributed by atoms with E-state index in [9.17, 15) is 27.3 Å². The van der Waals surface area contributed by atoms with E-state index in [4.69, 9.17) is 4.98 Å². The molecule has 1 saturated carbocycles. The third kappa shape index (κ3) is 4.96. The number of rotatable bonds is 7. The molecule has 2 aliphatic rings. The molecule has 0 aliphatic heterocycles. The predicted molar refractivity (Wildman–Crippen MR) is 140 cm³/mol. The Hall–Kier alpha value is -3.92. The maximum Gasteiger partial charge on any atom is 0.573 e. The van der Waals surface area contributed by atoms with Crippen LogP contribution >= 0.6 is 0 Å². The van der Waals surface area contributed by atoms with E-state index >= 15 is 0 Å². The van der Waals surface area contributed by atoms with Gasteiger partial charge in [-0.05, 0) is 84.5 Å². The van der Waals surface area contributed by atoms with Gasteiger partial charge in [0.15, 0.2) is 11.0 Å². The van der Waals surface area contributed by atoms with Gasteiger partial charge < -0.3 is 9.84 Å². The van der Waals surface area contributed by atoms with E-state index in [1.807, 2.05) is 24.3 Å². The lowest BCUT2D eigenvalue weighted by atomic mass is 10.0. The lowest BCUT2D eigenvalue weighted by Gasteiger charge is -2.31. The van der Waals surface area contributed by atoms with Crippen LogP contribution in [0.3, 0.4) is 0 Å². The number of aromatic nitrogens is 1. The van der Waals surface area contributed by atoms with E-state index < -0.39 is 29.4 Å². The Morgan fingerprint density at radius 1 is 1.03 bits per heavy atom. The van der Waals surface area contributed by atoms with Crippen molar-refractivity contribution in [3.63, 3.8) is 0 Å². The molecule has 6 nitrogen and oxygen atoms in total. The maximum atomic E-state index is 14.3. The van der Waals surface area contributed by atoms with Crippen LogP contribution in [-0.4, -0.2) is 26.6 Å². The number of pyridine rings is 1. The first-order valence-electron chi connectivity index (χ1n) is 12.5. The van der Waals surface area contributed by atoms with Gasteiger partial charge in [0.25, 0.3) is 0 Å². The number of benzene rings is 3. The van der Waals surface area contributed by atoms with Gasteiger partial charge in [0.1, 0.15) is 11.6 Å². The van der Waals surface area contributed by atoms with Crippen LogP contribution in [0.2, 0.25) is 0 Å². The molecule has 2 aliphatic carbocycles. The summed E-state index contributed by atoms with van der Waals surface area (Å²) in [6.07, 6.45) is -0.0817. The minimum absolute atomic E-state index is 0.0770. The third-order valence-corrected chi connectivity index (χ3v) is 8.63. The Bertz CT molecular complexity index is 1600. The minimum Gasteiger partial charge on any atom is -0.478 e. The van der Waals surface area contributed by atoms with E-state index in [0.29, 0.717) is 29.1 Å². The largest absolute Gasteiger partial charge is 0.573 e. The Balaban J connectivity index is 1.48. The van der Waals surface area contributed by atoms with Crippen molar-refractivity contribution >= 4 is 33.5 Å². The lowest BCUT2D eigenvalue weighted by Crippen LogP contribution is -2.31. The quantitative estimate of drug-likeness (QED) is 0.269. The topological polar surface area (TPSA) is 79.7 Å². The summed E-state index contributed by atoms with van der Waals surface area (Å²) in [4.78, 5) is 16.6. The van der Waals surface area contributed by atoms with E-state index in [0.717, 1.165) is 34.7 Å². The van der Waals surface area contributed by atoms with Crippen LogP contribution in [0, 0.1) is 0 Å². The van der Waals surface area contributed by atoms with E-state index in [2.05, 4.69) is 4.74 Å². The van der Waals surface area contributed by atoms with Crippen LogP contribution in [-0.2, 0) is 17.4 Å². The first-order chi connectivity index (χ1) is 18.7. The summed E-state index contributed by atoms with van der Waals surface area (Å²) >= 11 is 0. The number of aromatic carboxylic acids is 1. The summed E-state index contributed by atoms with van der Waals surface area (Å²) in [5, 5.41) is 11.3. The van der Waals surface area contributed by atoms with Crippen molar-refractivity contribution in [1.82, 2.24) is 4.98 Å². The fraction of sp³-hybridized carbons (Fsp3) is 0.241. The number of nitrogens with zero attached hydrogens (tertiary/aromatic N) is 2. The van der Waals surface area contributed by atoms with Crippen molar-refractivity contribution in [1.29, 1.82) is 0 Å². The molecule has 2 atom stereocenters. The second-order valence-electron chi connectivity index (χ2n) is 9.72. The molecule has 0 radical (unpaired) electrons. The van der Waals surface area contributed by atoms with Crippen molar-refractivity contribution in [2.45, 2.75) is 48.9 Å². The smallest absolute Gasteiger partial charge is 0.478 e. The molecular weight excluding hydrogens is 529 g/mol. The monoisotopic (exact) mass is 552 g/mol. The number of anilines is 1. The highest BCUT2D eigenvalue weighted by atomic mass is 32.2. The van der Waals surface area contributed by atoms with Gasteiger partial charge in [0.05, 0.1) is 16.5 Å². The highest BCUT2D eigenvalue weighted by Gasteiger charge is 2.39. The number of hydrogen-bond acceptors (Lipinski definition) is 4. The van der Waals surface area contributed by atoms with Crippen LogP contribution in [0.4, 0.5) is 19.0 Å². The van der Waals surface area contributed by atoms with Crippen molar-refractivity contribution in [2.24, 2.45) is 0 Å². The van der Waals surface area contributed by atoms with Crippen LogP contribution in [0.25, 0.3) is 10.8 Å². The van der Waals surface area contributed by atoms with Crippen molar-refractivity contribution in [3.05, 3.63) is 95.2 Å². The molecule has 3 aromatic carbocycles. The Morgan fingerprint density at radius 2 is 1.77 bits per heavy atom. The number of halogens is 3. The van der Waals surface area contributed by atoms with Crippen LogP contribution in [0.5, 0.6) is 5.75 Å². The SMILES string of the molecule is O=C(O)c1ccc(S(=O)N(c2ncc3ccccc3c2C2CC2)C2CCc3cc(OC(F)(F)F)ccc32)cc1. The molecule has 0 spiro atoms. The average Bonchev–Trinajstić information content (AvgIpc) is 3.67. The predicted octanol–water partition coefficient (Wildman–Crippen LogP) is 6.93. The fourth-order valence-electron chi connectivity index (χ4n) is 5.31. The normalized spacial score (nSPS) is 17.6. The summed E-state index contributed by atoms with van der Waals surface area (Å²) in [6, 6.07) is 17.6. The summed E-state index contributed by atoms with van der Waals surface area (Å²) in [7, 11) is -1.79. The van der Waals surface area contributed by atoms with E-state index in [1.165, 1.54) is 36.4 Å². The van der Waals surface area contributed by atoms with Gasteiger partial charge in [-0.25, -0.2) is 14.0 Å². The van der Waals surface area contributed by atoms with Crippen molar-refractivity contribution in [2.75, 3.05) is 4.31 Å². The van der Waals surface area contributed by atoms with Crippen LogP contribution < -0.4 is 9.04 Å². The van der Waals surface area contributed by atoms with Gasteiger partial charge in [-0.2, -0.15) is 0 Å². The molecule has 2 unspecified atom stereocenters. The molecule has 6 rings (SSSR count). The van der Waals surface area contributed by atoms with E-state index in [1.54, 1.807) is 16.6 Å². The first kappa shape index (κ1) is 25.4. The highest BCUT2D eigenvalue weighted by molar-refractivity contribution is 7.86. The van der Waals surface area contributed by atoms with Gasteiger partial charge in [-0.1, -0.05) is 30.3 Å². The summed E-state index contributed by atoms with van der Waals surface area (Å²) in [6.45, 7) is 0. The van der Waals surface area contributed by atoms with Gasteiger partial charge in [0.2, 0.25) is 0 Å². The highest BCUT2D eigenvalue weighted by Crippen LogP contribution is 2.50. The first-order valence-corrected chi connectivity index (χ1v) is 13.6. The van der Waals surface area contributed by atoms with Gasteiger partial charge in [-0.15, -0.1) is 13.2 Å². The summed E-state index contributed by atoms with van der Waals surface area (Å²) < 4.78 is 58.7. The molecule has 0 amide bonds. The number of carboxylic acids is 1. The maximum absolute atomic E-state index is 14.3. The number of alkyl halides is 3. The molecule has 4 aromatic rings. The van der Waals surface area contributed by atoms with Crippen LogP contribution in [0.1, 0.15) is 58.3 Å². The number of fused-ring (bicyclic) bond motifs is 2.